The molecule has 0 amide bonds. The van der Waals surface area contributed by atoms with Crippen LogP contribution in [0, 0.1) is 0 Å². The number of ether oxygens (including phenoxy) is 2. The lowest BCUT2D eigenvalue weighted by Crippen LogP contribution is -2.24. The molecule has 0 bridgehead atoms. The summed E-state index contributed by atoms with van der Waals surface area (Å²) in [7, 11) is -5.71. The maximum atomic E-state index is 12.2. The highest BCUT2D eigenvalue weighted by atomic mass is 32.2. The van der Waals surface area contributed by atoms with E-state index in [1.807, 2.05) is 0 Å². The van der Waals surface area contributed by atoms with Gasteiger partial charge in [0.05, 0.1) is 13.0 Å². The zero-order valence-corrected chi connectivity index (χ0v) is 15.0. The van der Waals surface area contributed by atoms with Crippen molar-refractivity contribution in [1.29, 1.82) is 0 Å². The quantitative estimate of drug-likeness (QED) is 0.276. The summed E-state index contributed by atoms with van der Waals surface area (Å²) in [6.45, 7) is 3.58. The molecule has 0 saturated carbocycles. The predicted octanol–water partition coefficient (Wildman–Crippen LogP) is 3.33. The summed E-state index contributed by atoms with van der Waals surface area (Å²) in [5.74, 6) is -0.123. The standard InChI is InChI=1S/C16H19F3O6S/c1-3-13(9-10-24-26(21,22)16(17,18)19)25-14-8-6-5-7-12(14)11-15(20)23-4-2/h5-10,13H,3-4,11H2,1-2H3/b10-9+. The van der Waals surface area contributed by atoms with Gasteiger partial charge in [0.25, 0.3) is 0 Å². The predicted molar refractivity (Wildman–Crippen MR) is 86.7 cm³/mol. The van der Waals surface area contributed by atoms with Gasteiger partial charge in [-0.25, -0.2) is 0 Å². The van der Waals surface area contributed by atoms with Crippen LogP contribution in [0.5, 0.6) is 5.75 Å². The molecule has 0 saturated heterocycles. The van der Waals surface area contributed by atoms with Crippen LogP contribution in [0.15, 0.2) is 36.6 Å². The summed E-state index contributed by atoms with van der Waals surface area (Å²) in [5, 5.41) is 0. The van der Waals surface area contributed by atoms with Gasteiger partial charge in [-0.15, -0.1) is 0 Å². The molecular weight excluding hydrogens is 377 g/mol. The van der Waals surface area contributed by atoms with Gasteiger partial charge in [0.1, 0.15) is 18.1 Å². The number of hydrogen-bond acceptors (Lipinski definition) is 6. The highest BCUT2D eigenvalue weighted by Gasteiger charge is 2.47. The van der Waals surface area contributed by atoms with Crippen LogP contribution in [-0.4, -0.2) is 32.6 Å². The molecule has 0 aromatic heterocycles. The van der Waals surface area contributed by atoms with Gasteiger partial charge in [-0.05, 0) is 25.5 Å². The van der Waals surface area contributed by atoms with Crippen LogP contribution < -0.4 is 4.74 Å². The van der Waals surface area contributed by atoms with Crippen LogP contribution in [0.4, 0.5) is 13.2 Å². The van der Waals surface area contributed by atoms with Crippen molar-refractivity contribution < 1.29 is 40.0 Å². The van der Waals surface area contributed by atoms with Gasteiger partial charge < -0.3 is 13.7 Å². The zero-order valence-electron chi connectivity index (χ0n) is 14.2. The second-order valence-electron chi connectivity index (χ2n) is 4.98. The van der Waals surface area contributed by atoms with Crippen molar-refractivity contribution in [3.63, 3.8) is 0 Å². The highest BCUT2D eigenvalue weighted by Crippen LogP contribution is 2.25. The van der Waals surface area contributed by atoms with Gasteiger partial charge in [-0.2, -0.15) is 21.6 Å². The first-order valence-electron chi connectivity index (χ1n) is 7.67. The number of carbonyl (C=O) groups is 1. The van der Waals surface area contributed by atoms with Gasteiger partial charge in [-0.1, -0.05) is 25.1 Å². The average Bonchev–Trinajstić information content (AvgIpc) is 2.54. The number of hydrogen-bond donors (Lipinski definition) is 0. The molecule has 0 aliphatic carbocycles. The Bertz CT molecular complexity index is 728. The van der Waals surface area contributed by atoms with Gasteiger partial charge in [0, 0.05) is 5.56 Å². The van der Waals surface area contributed by atoms with Gasteiger partial charge in [0.15, 0.2) is 0 Å². The molecule has 0 N–H and O–H groups in total. The third-order valence-corrected chi connectivity index (χ3v) is 3.98. The molecule has 0 spiro atoms. The number of benzene rings is 1. The first-order valence-corrected chi connectivity index (χ1v) is 9.08. The second kappa shape index (κ2) is 9.46. The first-order chi connectivity index (χ1) is 12.1. The Balaban J connectivity index is 2.83. The summed E-state index contributed by atoms with van der Waals surface area (Å²) in [4.78, 5) is 11.6. The number of halogens is 3. The molecule has 1 aromatic rings. The zero-order chi connectivity index (χ0) is 19.8. The number of alkyl halides is 3. The van der Waals surface area contributed by atoms with Crippen molar-refractivity contribution in [2.75, 3.05) is 6.61 Å². The van der Waals surface area contributed by atoms with Gasteiger partial charge in [-0.3, -0.25) is 4.79 Å². The molecule has 0 aliphatic heterocycles. The number of carbonyl (C=O) groups excluding carboxylic acids is 1. The van der Waals surface area contributed by atoms with E-state index in [1.165, 1.54) is 0 Å². The lowest BCUT2D eigenvalue weighted by Gasteiger charge is -2.17. The number of para-hydroxylation sites is 1. The lowest BCUT2D eigenvalue weighted by atomic mass is 10.1. The van der Waals surface area contributed by atoms with Gasteiger partial charge in [0.2, 0.25) is 0 Å². The monoisotopic (exact) mass is 396 g/mol. The summed E-state index contributed by atoms with van der Waals surface area (Å²) < 4.78 is 72.6. The molecular formula is C16H19F3O6S. The van der Waals surface area contributed by atoms with E-state index in [-0.39, 0.29) is 13.0 Å². The molecule has 1 unspecified atom stereocenters. The minimum atomic E-state index is -5.71. The maximum Gasteiger partial charge on any atom is 0.534 e. The van der Waals surface area contributed by atoms with E-state index in [4.69, 9.17) is 9.47 Å². The van der Waals surface area contributed by atoms with Crippen LogP contribution in [0.1, 0.15) is 25.8 Å². The fourth-order valence-electron chi connectivity index (χ4n) is 1.80. The Kier molecular flexibility index (Phi) is 7.94. The van der Waals surface area contributed by atoms with Crippen LogP contribution in [0.3, 0.4) is 0 Å². The van der Waals surface area contributed by atoms with Crippen molar-refractivity contribution in [2.24, 2.45) is 0 Å². The lowest BCUT2D eigenvalue weighted by molar-refractivity contribution is -0.142. The Morgan fingerprint density at radius 1 is 1.23 bits per heavy atom. The number of rotatable bonds is 9. The normalized spacial score (nSPS) is 13.4. The Morgan fingerprint density at radius 3 is 2.46 bits per heavy atom. The second-order valence-corrected chi connectivity index (χ2v) is 6.54. The van der Waals surface area contributed by atoms with Crippen LogP contribution >= 0.6 is 0 Å². The molecule has 1 rings (SSSR count). The molecule has 0 heterocycles. The molecule has 1 atom stereocenters. The molecule has 0 aliphatic rings. The molecule has 0 fully saturated rings. The fraction of sp³-hybridized carbons (Fsp3) is 0.438. The van der Waals surface area contributed by atoms with Crippen molar-refractivity contribution in [2.45, 2.75) is 38.3 Å². The molecule has 146 valence electrons. The summed E-state index contributed by atoms with van der Waals surface area (Å²) >= 11 is 0. The van der Waals surface area contributed by atoms with Crippen molar-refractivity contribution >= 4 is 16.1 Å². The van der Waals surface area contributed by atoms with E-state index in [0.29, 0.717) is 24.0 Å². The van der Waals surface area contributed by atoms with E-state index in [9.17, 15) is 26.4 Å². The molecule has 0 radical (unpaired) electrons. The van der Waals surface area contributed by atoms with E-state index >= 15 is 0 Å². The van der Waals surface area contributed by atoms with E-state index in [0.717, 1.165) is 6.08 Å². The van der Waals surface area contributed by atoms with Crippen LogP contribution in [0.25, 0.3) is 0 Å². The maximum absolute atomic E-state index is 12.2. The van der Waals surface area contributed by atoms with Crippen LogP contribution in [-0.2, 0) is 30.3 Å². The largest absolute Gasteiger partial charge is 0.534 e. The third-order valence-electron chi connectivity index (χ3n) is 3.05. The van der Waals surface area contributed by atoms with Crippen molar-refractivity contribution in [1.82, 2.24) is 0 Å². The van der Waals surface area contributed by atoms with Gasteiger partial charge >= 0.3 is 21.6 Å². The van der Waals surface area contributed by atoms with Crippen molar-refractivity contribution in [3.8, 4) is 5.75 Å². The minimum absolute atomic E-state index is 0.0386. The summed E-state index contributed by atoms with van der Waals surface area (Å²) in [5.41, 5.74) is -4.98. The van der Waals surface area contributed by atoms with E-state index < -0.39 is 27.7 Å². The SMILES string of the molecule is CCOC(=O)Cc1ccccc1OC(/C=C/OS(=O)(=O)C(F)(F)F)CC. The fourth-order valence-corrected chi connectivity index (χ4v) is 2.12. The smallest absolute Gasteiger partial charge is 0.486 e. The molecule has 1 aromatic carbocycles. The molecule has 26 heavy (non-hydrogen) atoms. The number of esters is 1. The highest BCUT2D eigenvalue weighted by molar-refractivity contribution is 7.87. The molecule has 6 nitrogen and oxygen atoms in total. The Hall–Kier alpha value is -2.23. The average molecular weight is 396 g/mol. The third kappa shape index (κ3) is 6.58. The summed E-state index contributed by atoms with van der Waals surface area (Å²) in [6.07, 6.45) is 0.986. The Labute approximate surface area is 149 Å². The minimum Gasteiger partial charge on any atom is -0.486 e. The Morgan fingerprint density at radius 2 is 1.88 bits per heavy atom. The summed E-state index contributed by atoms with van der Waals surface area (Å²) in [6, 6.07) is 6.58. The van der Waals surface area contributed by atoms with Crippen molar-refractivity contribution in [3.05, 3.63) is 42.2 Å². The van der Waals surface area contributed by atoms with E-state index in [2.05, 4.69) is 4.18 Å². The molecule has 10 heteroatoms. The topological polar surface area (TPSA) is 78.9 Å². The van der Waals surface area contributed by atoms with E-state index in [1.54, 1.807) is 38.1 Å². The van der Waals surface area contributed by atoms with Crippen LogP contribution in [0.2, 0.25) is 0 Å². The first kappa shape index (κ1) is 21.8.